The van der Waals surface area contributed by atoms with E-state index >= 15 is 0 Å². The van der Waals surface area contributed by atoms with Gasteiger partial charge in [0.25, 0.3) is 0 Å². The second kappa shape index (κ2) is 1.94. The Kier molecular flexibility index (Phi) is 1.72. The Morgan fingerprint density at radius 1 is 1.44 bits per heavy atom. The first-order chi connectivity index (χ1) is 3.90. The zero-order valence-corrected chi connectivity index (χ0v) is 9.43. The fourth-order valence-corrected chi connectivity index (χ4v) is 6.22. The van der Waals surface area contributed by atoms with E-state index in [1.807, 2.05) is 0 Å². The minimum absolute atomic E-state index is 1.07. The molecular weight excluding hydrogens is 247 g/mol. The van der Waals surface area contributed by atoms with Gasteiger partial charge in [-0.15, -0.1) is 0 Å². The van der Waals surface area contributed by atoms with Crippen molar-refractivity contribution in [3.05, 3.63) is 0 Å². The molecule has 2 nitrogen and oxygen atoms in total. The topological polar surface area (TPSA) is 37.3 Å². The van der Waals surface area contributed by atoms with Gasteiger partial charge in [0.15, 0.2) is 0 Å². The van der Waals surface area contributed by atoms with E-state index in [0.29, 0.717) is 0 Å². The molecule has 1 rings (SSSR count). The van der Waals surface area contributed by atoms with Gasteiger partial charge in [0, 0.05) is 0 Å². The van der Waals surface area contributed by atoms with Crippen LogP contribution in [0.5, 0.6) is 0 Å². The first kappa shape index (κ1) is 7.98. The zero-order chi connectivity index (χ0) is 7.28. The van der Waals surface area contributed by atoms with Crippen molar-refractivity contribution in [1.29, 1.82) is 0 Å². The predicted octanol–water partition coefficient (Wildman–Crippen LogP) is 0.320. The van der Waals surface area contributed by atoms with E-state index in [9.17, 15) is 4.79 Å². The quantitative estimate of drug-likeness (QED) is 0.537. The van der Waals surface area contributed by atoms with E-state index in [1.54, 1.807) is 0 Å². The number of aliphatic carboxylic acids is 1. The molecular formula is C3H3Cl3GeO2. The number of rotatable bonds is 1. The summed E-state index contributed by atoms with van der Waals surface area (Å²) in [5.74, 6) is -1.07. The Bertz CT molecular complexity index is 170. The van der Waals surface area contributed by atoms with Gasteiger partial charge in [0.2, 0.25) is 0 Å². The molecule has 1 saturated heterocycles. The molecule has 52 valence electrons. The van der Waals surface area contributed by atoms with Crippen LogP contribution in [-0.4, -0.2) is 33.4 Å². The molecule has 1 N–H and O–H groups in total. The van der Waals surface area contributed by atoms with Gasteiger partial charge in [-0.2, -0.15) is 0 Å². The Morgan fingerprint density at radius 2 is 1.78 bits per heavy atom. The van der Waals surface area contributed by atoms with Gasteiger partial charge in [0.05, 0.1) is 0 Å². The van der Waals surface area contributed by atoms with E-state index < -0.39 is 28.3 Å². The third-order valence-electron chi connectivity index (χ3n) is 1.26. The van der Waals surface area contributed by atoms with Crippen molar-refractivity contribution in [3.63, 3.8) is 0 Å². The Hall–Kier alpha value is 0.883. The normalized spacial score (nSPS) is 40.8. The van der Waals surface area contributed by atoms with Crippen LogP contribution in [0.3, 0.4) is 0 Å². The van der Waals surface area contributed by atoms with Gasteiger partial charge in [-0.25, -0.2) is 0 Å². The number of carboxylic acid groups (broad SMARTS) is 1. The van der Waals surface area contributed by atoms with Crippen LogP contribution < -0.4 is 0 Å². The maximum atomic E-state index is 10.2. The molecule has 0 aromatic heterocycles. The summed E-state index contributed by atoms with van der Waals surface area (Å²) in [7, 11) is 0. The average Bonchev–Trinajstić information content (AvgIpc) is 2.08. The Labute approximate surface area is 72.9 Å². The molecule has 0 amide bonds. The fourth-order valence-electron chi connectivity index (χ4n) is 0.494. The summed E-state index contributed by atoms with van der Waals surface area (Å²) >= 11 is 15.0. The second-order valence-corrected chi connectivity index (χ2v) is 12.1. The molecule has 1 unspecified atom stereocenters. The molecule has 1 aliphatic rings. The second-order valence-electron chi connectivity index (χ2n) is 1.99. The first-order valence-corrected chi connectivity index (χ1v) is 6.30. The molecule has 0 spiro atoms. The van der Waals surface area contributed by atoms with E-state index in [1.165, 1.54) is 0 Å². The van der Waals surface area contributed by atoms with Crippen LogP contribution in [-0.2, 0) is 4.79 Å². The fraction of sp³-hybridized carbons (Fsp3) is 0.667. The molecule has 6 heteroatoms. The van der Waals surface area contributed by atoms with E-state index in [0.717, 1.165) is 0 Å². The number of carboxylic acids is 1. The Balaban J connectivity index is 2.74. The van der Waals surface area contributed by atoms with Crippen molar-refractivity contribution in [2.45, 2.75) is 6.87 Å². The number of carbonyl (C=O) groups is 1. The molecule has 1 fully saturated rings. The van der Waals surface area contributed by atoms with Crippen LogP contribution in [0.2, 0.25) is 0 Å². The molecule has 0 aromatic carbocycles. The third-order valence-corrected chi connectivity index (χ3v) is 10.1. The van der Waals surface area contributed by atoms with Gasteiger partial charge in [-0.3, -0.25) is 0 Å². The molecule has 1 aliphatic heterocycles. The number of halogens is 3. The van der Waals surface area contributed by atoms with Crippen molar-refractivity contribution >= 4 is 56.2 Å². The summed E-state index contributed by atoms with van der Waals surface area (Å²) in [5, 5.41) is 8.39. The van der Waals surface area contributed by atoms with Crippen LogP contribution in [0.4, 0.5) is 0 Å². The number of hydrogen-bond acceptors (Lipinski definition) is 1. The third kappa shape index (κ3) is 1.06. The van der Waals surface area contributed by atoms with Crippen LogP contribution in [0.25, 0.3) is 0 Å². The van der Waals surface area contributed by atoms with Crippen molar-refractivity contribution in [2.24, 2.45) is 0 Å². The van der Waals surface area contributed by atoms with Crippen molar-refractivity contribution in [3.8, 4) is 0 Å². The summed E-state index contributed by atoms with van der Waals surface area (Å²) in [6.45, 7) is 0. The van der Waals surface area contributed by atoms with Crippen LogP contribution in [0, 0.1) is 0 Å². The number of alkyl halides is 3. The molecule has 0 radical (unpaired) electrons. The molecule has 0 bridgehead atoms. The summed E-state index contributed by atoms with van der Waals surface area (Å²) < 4.78 is -2.32. The van der Waals surface area contributed by atoms with E-state index in [2.05, 4.69) is 0 Å². The average molecular weight is 250 g/mol. The molecule has 0 aromatic rings. The molecule has 1 heterocycles. The molecule has 0 aliphatic carbocycles. The van der Waals surface area contributed by atoms with E-state index in [-0.39, 0.29) is 0 Å². The van der Waals surface area contributed by atoms with Crippen molar-refractivity contribution in [1.82, 2.24) is 0 Å². The van der Waals surface area contributed by atoms with Gasteiger partial charge >= 0.3 is 73.0 Å². The molecule has 0 saturated carbocycles. The van der Waals surface area contributed by atoms with Crippen LogP contribution >= 0.6 is 34.8 Å². The first-order valence-electron chi connectivity index (χ1n) is 2.20. The monoisotopic (exact) mass is 250 g/mol. The Morgan fingerprint density at radius 3 is 1.78 bits per heavy atom. The summed E-state index contributed by atoms with van der Waals surface area (Å²) in [6.07, 6.45) is 0. The van der Waals surface area contributed by atoms with Gasteiger partial charge in [-0.1, -0.05) is 0 Å². The maximum absolute atomic E-state index is 10.2. The SMILES string of the molecule is O=C(O)[C]1(Cl)[GeH2][C]1(Cl)Cl. The van der Waals surface area contributed by atoms with Crippen molar-refractivity contribution < 1.29 is 9.90 Å². The van der Waals surface area contributed by atoms with Crippen LogP contribution in [0.1, 0.15) is 0 Å². The zero-order valence-electron chi connectivity index (χ0n) is 4.20. The van der Waals surface area contributed by atoms with Crippen molar-refractivity contribution in [2.75, 3.05) is 0 Å². The van der Waals surface area contributed by atoms with Gasteiger partial charge in [-0.05, 0) is 0 Å². The summed E-state index contributed by atoms with van der Waals surface area (Å²) in [5.41, 5.74) is 0. The van der Waals surface area contributed by atoms with Gasteiger partial charge < -0.3 is 0 Å². The predicted molar refractivity (Wildman–Crippen MR) is 39.2 cm³/mol. The molecule has 9 heavy (non-hydrogen) atoms. The number of hydrogen-bond donors (Lipinski definition) is 1. The van der Waals surface area contributed by atoms with Crippen LogP contribution in [0.15, 0.2) is 0 Å². The minimum atomic E-state index is -1.44. The van der Waals surface area contributed by atoms with E-state index in [4.69, 9.17) is 39.9 Å². The molecule has 1 atom stereocenters. The van der Waals surface area contributed by atoms with Gasteiger partial charge in [0.1, 0.15) is 0 Å². The summed E-state index contributed by atoms with van der Waals surface area (Å²) in [4.78, 5) is 10.2. The summed E-state index contributed by atoms with van der Waals surface area (Å²) in [6, 6.07) is 0. The standard InChI is InChI=1S/C3H3Cl3GeO2/c4-2(1(8)9)3(5,6)7-2/h7H2,(H,8,9).